The van der Waals surface area contributed by atoms with E-state index in [1.807, 2.05) is 13.0 Å². The Hall–Kier alpha value is -1.81. The minimum absolute atomic E-state index is 0.0734. The van der Waals surface area contributed by atoms with E-state index in [0.29, 0.717) is 11.6 Å². The first-order valence-electron chi connectivity index (χ1n) is 5.00. The second-order valence-corrected chi connectivity index (χ2v) is 4.82. The summed E-state index contributed by atoms with van der Waals surface area (Å²) in [5.74, 6) is -0.126. The SMILES string of the molecule is C[C@@H]1C[C@@H](Sc2ncc(C#N)c(N)n2)C(=O)O1. The van der Waals surface area contributed by atoms with Gasteiger partial charge in [-0.1, -0.05) is 11.8 Å². The maximum absolute atomic E-state index is 11.4. The lowest BCUT2D eigenvalue weighted by Gasteiger charge is -2.04. The van der Waals surface area contributed by atoms with Crippen molar-refractivity contribution >= 4 is 23.5 Å². The van der Waals surface area contributed by atoms with Crippen LogP contribution in [0.15, 0.2) is 11.4 Å². The average molecular weight is 250 g/mol. The Bertz CT molecular complexity index is 500. The van der Waals surface area contributed by atoms with E-state index in [2.05, 4.69) is 9.97 Å². The maximum Gasteiger partial charge on any atom is 0.319 e. The third-order valence-electron chi connectivity index (χ3n) is 2.29. The van der Waals surface area contributed by atoms with Gasteiger partial charge in [-0.3, -0.25) is 4.79 Å². The van der Waals surface area contributed by atoms with E-state index < -0.39 is 0 Å². The Balaban J connectivity index is 2.12. The van der Waals surface area contributed by atoms with Crippen molar-refractivity contribution in [2.45, 2.75) is 29.9 Å². The van der Waals surface area contributed by atoms with Gasteiger partial charge in [0.2, 0.25) is 0 Å². The molecule has 1 fully saturated rings. The van der Waals surface area contributed by atoms with Gasteiger partial charge in [-0.15, -0.1) is 0 Å². The molecule has 7 heteroatoms. The Morgan fingerprint density at radius 2 is 2.47 bits per heavy atom. The van der Waals surface area contributed by atoms with E-state index in [-0.39, 0.29) is 28.7 Å². The lowest BCUT2D eigenvalue weighted by molar-refractivity contribution is -0.140. The fourth-order valence-electron chi connectivity index (χ4n) is 1.46. The molecule has 0 radical (unpaired) electrons. The van der Waals surface area contributed by atoms with Crippen molar-refractivity contribution in [3.63, 3.8) is 0 Å². The molecule has 6 nitrogen and oxygen atoms in total. The van der Waals surface area contributed by atoms with Crippen molar-refractivity contribution in [1.82, 2.24) is 9.97 Å². The van der Waals surface area contributed by atoms with Crippen LogP contribution < -0.4 is 5.73 Å². The number of nitriles is 1. The first-order chi connectivity index (χ1) is 8.10. The quantitative estimate of drug-likeness (QED) is 0.609. The number of ether oxygens (including phenoxy) is 1. The first kappa shape index (κ1) is 11.7. The minimum atomic E-state index is -0.294. The molecule has 2 heterocycles. The molecular formula is C10H10N4O2S. The van der Waals surface area contributed by atoms with E-state index >= 15 is 0 Å². The summed E-state index contributed by atoms with van der Waals surface area (Å²) in [7, 11) is 0. The number of carbonyl (C=O) groups excluding carboxylic acids is 1. The Morgan fingerprint density at radius 1 is 1.71 bits per heavy atom. The fraction of sp³-hybridized carbons (Fsp3) is 0.400. The van der Waals surface area contributed by atoms with Crippen LogP contribution >= 0.6 is 11.8 Å². The summed E-state index contributed by atoms with van der Waals surface area (Å²) < 4.78 is 5.02. The van der Waals surface area contributed by atoms with Crippen LogP contribution in [-0.4, -0.2) is 27.3 Å². The topological polar surface area (TPSA) is 102 Å². The maximum atomic E-state index is 11.4. The van der Waals surface area contributed by atoms with Crippen LogP contribution in [0.5, 0.6) is 0 Å². The number of hydrogen-bond acceptors (Lipinski definition) is 7. The number of esters is 1. The van der Waals surface area contributed by atoms with E-state index in [9.17, 15) is 4.79 Å². The standard InChI is InChI=1S/C10H10N4O2S/c1-5-2-7(9(15)16-5)17-10-13-4-6(3-11)8(12)14-10/h4-5,7H,2H2,1H3,(H2,12,13,14)/t5-,7-/m1/s1. The van der Waals surface area contributed by atoms with Gasteiger partial charge in [-0.05, 0) is 6.92 Å². The van der Waals surface area contributed by atoms with Gasteiger partial charge < -0.3 is 10.5 Å². The average Bonchev–Trinajstić information content (AvgIpc) is 2.58. The largest absolute Gasteiger partial charge is 0.462 e. The van der Waals surface area contributed by atoms with Gasteiger partial charge in [0.25, 0.3) is 0 Å². The van der Waals surface area contributed by atoms with Crippen LogP contribution in [0.4, 0.5) is 5.82 Å². The highest BCUT2D eigenvalue weighted by molar-refractivity contribution is 8.00. The second kappa shape index (κ2) is 4.59. The summed E-state index contributed by atoms with van der Waals surface area (Å²) in [5, 5.41) is 8.77. The number of thioether (sulfide) groups is 1. The highest BCUT2D eigenvalue weighted by Gasteiger charge is 2.33. The van der Waals surface area contributed by atoms with Gasteiger partial charge in [-0.25, -0.2) is 9.97 Å². The van der Waals surface area contributed by atoms with Crippen molar-refractivity contribution in [3.05, 3.63) is 11.8 Å². The van der Waals surface area contributed by atoms with Crippen molar-refractivity contribution in [3.8, 4) is 6.07 Å². The van der Waals surface area contributed by atoms with Gasteiger partial charge in [0.1, 0.15) is 28.8 Å². The predicted molar refractivity (Wildman–Crippen MR) is 61.0 cm³/mol. The van der Waals surface area contributed by atoms with Crippen LogP contribution in [-0.2, 0) is 9.53 Å². The van der Waals surface area contributed by atoms with E-state index in [0.717, 1.165) is 0 Å². The summed E-state index contributed by atoms with van der Waals surface area (Å²) in [4.78, 5) is 19.4. The van der Waals surface area contributed by atoms with Crippen molar-refractivity contribution in [1.29, 1.82) is 5.26 Å². The van der Waals surface area contributed by atoms with Crippen molar-refractivity contribution in [2.24, 2.45) is 0 Å². The number of hydrogen-bond donors (Lipinski definition) is 1. The molecule has 1 aliphatic rings. The smallest absolute Gasteiger partial charge is 0.319 e. The van der Waals surface area contributed by atoms with Gasteiger partial charge in [0, 0.05) is 6.42 Å². The minimum Gasteiger partial charge on any atom is -0.462 e. The zero-order chi connectivity index (χ0) is 12.4. The normalized spacial score (nSPS) is 23.2. The lowest BCUT2D eigenvalue weighted by atomic mass is 10.3. The van der Waals surface area contributed by atoms with E-state index in [4.69, 9.17) is 15.7 Å². The molecule has 0 unspecified atom stereocenters. The highest BCUT2D eigenvalue weighted by Crippen LogP contribution is 2.30. The van der Waals surface area contributed by atoms with Gasteiger partial charge >= 0.3 is 5.97 Å². The summed E-state index contributed by atoms with van der Waals surface area (Å²) in [6.45, 7) is 1.84. The molecular weight excluding hydrogens is 240 g/mol. The molecule has 1 aliphatic heterocycles. The second-order valence-electron chi connectivity index (χ2n) is 3.65. The van der Waals surface area contributed by atoms with Crippen LogP contribution in [0.2, 0.25) is 0 Å². The van der Waals surface area contributed by atoms with E-state index in [1.54, 1.807) is 0 Å². The molecule has 2 rings (SSSR count). The lowest BCUT2D eigenvalue weighted by Crippen LogP contribution is -2.10. The number of anilines is 1. The summed E-state index contributed by atoms with van der Waals surface area (Å²) in [5.41, 5.74) is 5.80. The van der Waals surface area contributed by atoms with Crippen LogP contribution in [0.1, 0.15) is 18.9 Å². The number of nitrogen functional groups attached to an aromatic ring is 1. The summed E-state index contributed by atoms with van der Waals surface area (Å²) in [6.07, 6.45) is 1.91. The molecule has 1 aromatic rings. The molecule has 0 spiro atoms. The fourth-order valence-corrected chi connectivity index (χ4v) is 2.50. The monoisotopic (exact) mass is 250 g/mol. The number of nitrogens with two attached hydrogens (primary N) is 1. The van der Waals surface area contributed by atoms with Crippen molar-refractivity contribution < 1.29 is 9.53 Å². The Morgan fingerprint density at radius 3 is 3.00 bits per heavy atom. The molecule has 88 valence electrons. The molecule has 1 aromatic heterocycles. The summed E-state index contributed by atoms with van der Waals surface area (Å²) in [6, 6.07) is 1.88. The third-order valence-corrected chi connectivity index (χ3v) is 3.37. The molecule has 2 N–H and O–H groups in total. The van der Waals surface area contributed by atoms with Crippen LogP contribution in [0.25, 0.3) is 0 Å². The number of aromatic nitrogens is 2. The number of rotatable bonds is 2. The zero-order valence-corrected chi connectivity index (χ0v) is 9.90. The number of nitrogens with zero attached hydrogens (tertiary/aromatic N) is 3. The molecule has 0 aromatic carbocycles. The molecule has 0 saturated carbocycles. The Labute approximate surface area is 102 Å². The Kier molecular flexibility index (Phi) is 3.15. The molecule has 1 saturated heterocycles. The van der Waals surface area contributed by atoms with E-state index in [1.165, 1.54) is 18.0 Å². The van der Waals surface area contributed by atoms with Gasteiger partial charge in [-0.2, -0.15) is 5.26 Å². The molecule has 0 aliphatic carbocycles. The molecule has 17 heavy (non-hydrogen) atoms. The first-order valence-corrected chi connectivity index (χ1v) is 5.88. The van der Waals surface area contributed by atoms with Gasteiger partial charge in [0.05, 0.1) is 6.20 Å². The predicted octanol–water partition coefficient (Wildman–Crippen LogP) is 0.727. The highest BCUT2D eigenvalue weighted by atomic mass is 32.2. The molecule has 0 amide bonds. The van der Waals surface area contributed by atoms with Crippen LogP contribution in [0, 0.1) is 11.3 Å². The molecule has 0 bridgehead atoms. The number of cyclic esters (lactones) is 1. The summed E-state index contributed by atoms with van der Waals surface area (Å²) >= 11 is 1.21. The molecule has 2 atom stereocenters. The van der Waals surface area contributed by atoms with Crippen LogP contribution in [0.3, 0.4) is 0 Å². The van der Waals surface area contributed by atoms with Crippen molar-refractivity contribution in [2.75, 3.05) is 5.73 Å². The number of carbonyl (C=O) groups is 1. The van der Waals surface area contributed by atoms with Gasteiger partial charge in [0.15, 0.2) is 5.16 Å². The zero-order valence-electron chi connectivity index (χ0n) is 9.08. The third kappa shape index (κ3) is 2.47.